The summed E-state index contributed by atoms with van der Waals surface area (Å²) < 4.78 is 34.4. The van der Waals surface area contributed by atoms with E-state index in [0.717, 1.165) is 0 Å². The number of ether oxygens (including phenoxy) is 1. The standard InChI is InChI=1S/C30H24F2N2O4/c1-18-26(29(36)33-24-5-3-2-4-6-24)27(19-7-11-22(31)12-8-19)28(20-9-13-23(32)14-10-20)34(18)16-15-21-17-25(35)38-30(21)37/h2-14,17,30,37H,15-16H2,1H3,(H,33,36). The number of nitrogens with one attached hydrogen (secondary N) is 1. The van der Waals surface area contributed by atoms with Gasteiger partial charge >= 0.3 is 5.97 Å². The van der Waals surface area contributed by atoms with E-state index in [1.165, 1.54) is 30.3 Å². The zero-order valence-corrected chi connectivity index (χ0v) is 20.4. The number of esters is 1. The Morgan fingerprint density at radius 2 is 1.55 bits per heavy atom. The predicted octanol–water partition coefficient (Wildman–Crippen LogP) is 5.85. The maximum atomic E-state index is 13.9. The Morgan fingerprint density at radius 3 is 2.13 bits per heavy atom. The second-order valence-electron chi connectivity index (χ2n) is 8.93. The van der Waals surface area contributed by atoms with Gasteiger partial charge in [-0.3, -0.25) is 4.79 Å². The number of carbonyl (C=O) groups excluding carboxylic acids is 2. The Morgan fingerprint density at radius 1 is 0.947 bits per heavy atom. The number of hydrogen-bond acceptors (Lipinski definition) is 4. The van der Waals surface area contributed by atoms with Crippen molar-refractivity contribution in [1.29, 1.82) is 0 Å². The van der Waals surface area contributed by atoms with Crippen molar-refractivity contribution < 1.29 is 28.2 Å². The number of aromatic nitrogens is 1. The zero-order valence-electron chi connectivity index (χ0n) is 20.4. The average Bonchev–Trinajstić information content (AvgIpc) is 3.38. The van der Waals surface area contributed by atoms with Crippen LogP contribution in [0.4, 0.5) is 14.5 Å². The number of benzene rings is 3. The summed E-state index contributed by atoms with van der Waals surface area (Å²) in [4.78, 5) is 25.3. The summed E-state index contributed by atoms with van der Waals surface area (Å²) in [5, 5.41) is 13.0. The highest BCUT2D eigenvalue weighted by Gasteiger charge is 2.29. The third kappa shape index (κ3) is 4.99. The summed E-state index contributed by atoms with van der Waals surface area (Å²) in [6.45, 7) is 2.08. The van der Waals surface area contributed by atoms with Crippen LogP contribution in [0.2, 0.25) is 0 Å². The van der Waals surface area contributed by atoms with E-state index in [0.29, 0.717) is 44.9 Å². The maximum Gasteiger partial charge on any atom is 0.333 e. The van der Waals surface area contributed by atoms with Gasteiger partial charge in [0.15, 0.2) is 0 Å². The van der Waals surface area contributed by atoms with Crippen molar-refractivity contribution in [2.75, 3.05) is 5.32 Å². The van der Waals surface area contributed by atoms with Gasteiger partial charge in [-0.25, -0.2) is 13.6 Å². The summed E-state index contributed by atoms with van der Waals surface area (Å²) in [6.07, 6.45) is 0.189. The molecule has 5 rings (SSSR count). The van der Waals surface area contributed by atoms with Gasteiger partial charge in [0, 0.05) is 35.1 Å². The van der Waals surface area contributed by atoms with Crippen molar-refractivity contribution in [1.82, 2.24) is 4.57 Å². The molecule has 1 unspecified atom stereocenters. The van der Waals surface area contributed by atoms with Gasteiger partial charge in [0.05, 0.1) is 11.3 Å². The van der Waals surface area contributed by atoms with Crippen molar-refractivity contribution in [3.63, 3.8) is 0 Å². The van der Waals surface area contributed by atoms with E-state index in [1.807, 2.05) is 22.8 Å². The number of hydrogen-bond donors (Lipinski definition) is 2. The molecular weight excluding hydrogens is 490 g/mol. The molecule has 6 nitrogen and oxygen atoms in total. The third-order valence-electron chi connectivity index (χ3n) is 6.50. The van der Waals surface area contributed by atoms with Gasteiger partial charge in [-0.2, -0.15) is 0 Å². The molecule has 1 aliphatic rings. The quantitative estimate of drug-likeness (QED) is 0.303. The first-order valence-electron chi connectivity index (χ1n) is 12.0. The molecule has 1 aromatic heterocycles. The minimum absolute atomic E-state index is 0.263. The predicted molar refractivity (Wildman–Crippen MR) is 139 cm³/mol. The Hall–Kier alpha value is -4.56. The Labute approximate surface area is 217 Å². The first-order valence-corrected chi connectivity index (χ1v) is 12.0. The molecule has 4 aromatic rings. The fourth-order valence-corrected chi connectivity index (χ4v) is 4.69. The molecule has 2 heterocycles. The van der Waals surface area contributed by atoms with Crippen LogP contribution in [0.25, 0.3) is 22.4 Å². The zero-order chi connectivity index (χ0) is 26.8. The van der Waals surface area contributed by atoms with E-state index in [9.17, 15) is 23.5 Å². The normalized spacial score (nSPS) is 14.8. The number of nitrogens with zero attached hydrogens (tertiary/aromatic N) is 1. The van der Waals surface area contributed by atoms with E-state index in [1.54, 1.807) is 43.3 Å². The Balaban J connectivity index is 1.70. The van der Waals surface area contributed by atoms with Gasteiger partial charge in [-0.15, -0.1) is 0 Å². The molecule has 1 aliphatic heterocycles. The number of anilines is 1. The number of halogens is 2. The Bertz CT molecular complexity index is 1530. The smallest absolute Gasteiger partial charge is 0.333 e. The largest absolute Gasteiger partial charge is 0.429 e. The van der Waals surface area contributed by atoms with Crippen LogP contribution in [-0.4, -0.2) is 27.8 Å². The first-order chi connectivity index (χ1) is 18.3. The molecule has 0 spiro atoms. The van der Waals surface area contributed by atoms with Crippen LogP contribution in [-0.2, 0) is 16.1 Å². The molecule has 3 aromatic carbocycles. The highest BCUT2D eigenvalue weighted by Crippen LogP contribution is 2.40. The summed E-state index contributed by atoms with van der Waals surface area (Å²) in [7, 11) is 0. The molecule has 0 fully saturated rings. The molecule has 1 atom stereocenters. The summed E-state index contributed by atoms with van der Waals surface area (Å²) in [5.41, 5.74) is 4.40. The molecule has 38 heavy (non-hydrogen) atoms. The highest BCUT2D eigenvalue weighted by atomic mass is 19.1. The number of aliphatic hydroxyl groups excluding tert-OH is 1. The van der Waals surface area contributed by atoms with Crippen molar-refractivity contribution in [2.24, 2.45) is 0 Å². The molecule has 2 N–H and O–H groups in total. The minimum atomic E-state index is -1.33. The van der Waals surface area contributed by atoms with Crippen molar-refractivity contribution in [3.05, 3.63) is 113 Å². The molecule has 0 saturated carbocycles. The molecule has 8 heteroatoms. The van der Waals surface area contributed by atoms with Crippen LogP contribution >= 0.6 is 0 Å². The molecule has 0 aliphatic carbocycles. The number of carbonyl (C=O) groups is 2. The summed E-state index contributed by atoms with van der Waals surface area (Å²) in [5.74, 6) is -1.82. The van der Waals surface area contributed by atoms with Crippen LogP contribution in [0.1, 0.15) is 22.5 Å². The minimum Gasteiger partial charge on any atom is -0.429 e. The van der Waals surface area contributed by atoms with E-state index >= 15 is 0 Å². The molecular formula is C30H24F2N2O4. The van der Waals surface area contributed by atoms with Gasteiger partial charge in [-0.1, -0.05) is 30.3 Å². The average molecular weight is 515 g/mol. The van der Waals surface area contributed by atoms with E-state index < -0.39 is 23.9 Å². The second-order valence-corrected chi connectivity index (χ2v) is 8.93. The maximum absolute atomic E-state index is 13.9. The highest BCUT2D eigenvalue weighted by molar-refractivity contribution is 6.12. The molecule has 0 saturated heterocycles. The van der Waals surface area contributed by atoms with Crippen molar-refractivity contribution in [3.8, 4) is 22.4 Å². The fourth-order valence-electron chi connectivity index (χ4n) is 4.69. The lowest BCUT2D eigenvalue weighted by Gasteiger charge is -2.15. The molecule has 0 radical (unpaired) electrons. The van der Waals surface area contributed by atoms with Gasteiger partial charge in [0.1, 0.15) is 11.6 Å². The van der Waals surface area contributed by atoms with Crippen LogP contribution in [0.3, 0.4) is 0 Å². The first kappa shape index (κ1) is 25.1. The molecule has 0 bridgehead atoms. The van der Waals surface area contributed by atoms with Crippen molar-refractivity contribution in [2.45, 2.75) is 26.2 Å². The van der Waals surface area contributed by atoms with Crippen LogP contribution < -0.4 is 5.32 Å². The second kappa shape index (κ2) is 10.4. The van der Waals surface area contributed by atoms with Crippen LogP contribution in [0.5, 0.6) is 0 Å². The number of rotatable bonds is 7. The lowest BCUT2D eigenvalue weighted by atomic mass is 9.96. The number of amides is 1. The molecule has 192 valence electrons. The van der Waals surface area contributed by atoms with E-state index in [2.05, 4.69) is 5.32 Å². The lowest BCUT2D eigenvalue weighted by Crippen LogP contribution is -2.15. The number of cyclic esters (lactones) is 1. The lowest BCUT2D eigenvalue weighted by molar-refractivity contribution is -0.151. The monoisotopic (exact) mass is 514 g/mol. The summed E-state index contributed by atoms with van der Waals surface area (Å²) in [6, 6.07) is 20.7. The SMILES string of the molecule is Cc1c(C(=O)Nc2ccccc2)c(-c2ccc(F)cc2)c(-c2ccc(F)cc2)n1CCC1=CC(=O)OC1O. The van der Waals surface area contributed by atoms with Crippen LogP contribution in [0, 0.1) is 18.6 Å². The van der Waals surface area contributed by atoms with E-state index in [-0.39, 0.29) is 18.9 Å². The third-order valence-corrected chi connectivity index (χ3v) is 6.50. The molecule has 1 amide bonds. The van der Waals surface area contributed by atoms with Gasteiger partial charge in [0.2, 0.25) is 6.29 Å². The van der Waals surface area contributed by atoms with Gasteiger partial charge < -0.3 is 19.7 Å². The number of para-hydroxylation sites is 1. The van der Waals surface area contributed by atoms with Gasteiger partial charge in [-0.05, 0) is 73.0 Å². The van der Waals surface area contributed by atoms with E-state index in [4.69, 9.17) is 4.74 Å². The van der Waals surface area contributed by atoms with Crippen molar-refractivity contribution >= 4 is 17.6 Å². The summed E-state index contributed by atoms with van der Waals surface area (Å²) >= 11 is 0. The van der Waals surface area contributed by atoms with Gasteiger partial charge in [0.25, 0.3) is 5.91 Å². The topological polar surface area (TPSA) is 80.6 Å². The number of aliphatic hydroxyl groups is 1. The fraction of sp³-hybridized carbons (Fsp3) is 0.133. The van der Waals surface area contributed by atoms with Crippen LogP contribution in [0.15, 0.2) is 90.5 Å². The Kier molecular flexibility index (Phi) is 6.89.